The highest BCUT2D eigenvalue weighted by Crippen LogP contribution is 2.21. The average molecular weight is 277 g/mol. The number of esters is 1. The second kappa shape index (κ2) is 7.08. The van der Waals surface area contributed by atoms with Crippen LogP contribution in [0.5, 0.6) is 0 Å². The van der Waals surface area contributed by atoms with Crippen LogP contribution in [0.4, 0.5) is 5.69 Å². The Balaban J connectivity index is 2.94. The standard InChI is InChI=1S/C16H23NO3/c1-6-20-16(19)15(12(3)18)10-13-7-8-14(17(4)5)9-11(13)2/h7-9,15H,6,10H2,1-5H3. The van der Waals surface area contributed by atoms with E-state index in [1.165, 1.54) is 6.92 Å². The van der Waals surface area contributed by atoms with Gasteiger partial charge in [0.05, 0.1) is 6.61 Å². The third-order valence-electron chi connectivity index (χ3n) is 3.33. The Hall–Kier alpha value is -1.84. The number of nitrogens with zero attached hydrogens (tertiary/aromatic N) is 1. The third-order valence-corrected chi connectivity index (χ3v) is 3.33. The summed E-state index contributed by atoms with van der Waals surface area (Å²) in [6.45, 7) is 5.46. The third kappa shape index (κ3) is 4.08. The molecule has 0 aliphatic rings. The molecule has 1 aromatic rings. The van der Waals surface area contributed by atoms with E-state index in [4.69, 9.17) is 4.74 Å². The summed E-state index contributed by atoms with van der Waals surface area (Å²) < 4.78 is 4.97. The molecule has 1 atom stereocenters. The van der Waals surface area contributed by atoms with Crippen molar-refractivity contribution in [1.29, 1.82) is 0 Å². The summed E-state index contributed by atoms with van der Waals surface area (Å²) in [6, 6.07) is 6.02. The van der Waals surface area contributed by atoms with Crippen molar-refractivity contribution in [3.8, 4) is 0 Å². The van der Waals surface area contributed by atoms with Crippen molar-refractivity contribution < 1.29 is 14.3 Å². The zero-order valence-electron chi connectivity index (χ0n) is 12.9. The maximum atomic E-state index is 11.8. The lowest BCUT2D eigenvalue weighted by atomic mass is 9.93. The van der Waals surface area contributed by atoms with E-state index >= 15 is 0 Å². The van der Waals surface area contributed by atoms with Crippen LogP contribution in [0.2, 0.25) is 0 Å². The monoisotopic (exact) mass is 277 g/mol. The number of benzene rings is 1. The van der Waals surface area contributed by atoms with Crippen LogP contribution >= 0.6 is 0 Å². The van der Waals surface area contributed by atoms with E-state index in [9.17, 15) is 9.59 Å². The Morgan fingerprint density at radius 1 is 1.30 bits per heavy atom. The van der Waals surface area contributed by atoms with Crippen molar-refractivity contribution in [2.45, 2.75) is 27.2 Å². The van der Waals surface area contributed by atoms with E-state index in [1.807, 2.05) is 38.1 Å². The summed E-state index contributed by atoms with van der Waals surface area (Å²) in [5.41, 5.74) is 3.18. The van der Waals surface area contributed by atoms with Gasteiger partial charge in [-0.1, -0.05) is 6.07 Å². The van der Waals surface area contributed by atoms with Crippen LogP contribution in [0.1, 0.15) is 25.0 Å². The zero-order valence-corrected chi connectivity index (χ0v) is 12.9. The molecule has 20 heavy (non-hydrogen) atoms. The fourth-order valence-electron chi connectivity index (χ4n) is 2.04. The molecular weight excluding hydrogens is 254 g/mol. The van der Waals surface area contributed by atoms with E-state index in [0.29, 0.717) is 13.0 Å². The summed E-state index contributed by atoms with van der Waals surface area (Å²) in [7, 11) is 3.96. The molecule has 4 heteroatoms. The van der Waals surface area contributed by atoms with Gasteiger partial charge < -0.3 is 9.64 Å². The number of ether oxygens (including phenoxy) is 1. The minimum atomic E-state index is -0.709. The molecular formula is C16H23NO3. The first kappa shape index (κ1) is 16.2. The molecule has 0 spiro atoms. The Kier molecular flexibility index (Phi) is 5.74. The Labute approximate surface area is 120 Å². The van der Waals surface area contributed by atoms with Crippen LogP contribution in [0.15, 0.2) is 18.2 Å². The average Bonchev–Trinajstić information content (AvgIpc) is 2.36. The van der Waals surface area contributed by atoms with Crippen LogP contribution in [0.25, 0.3) is 0 Å². The van der Waals surface area contributed by atoms with E-state index in [0.717, 1.165) is 16.8 Å². The molecule has 110 valence electrons. The minimum absolute atomic E-state index is 0.153. The first-order valence-electron chi connectivity index (χ1n) is 6.80. The predicted octanol–water partition coefficient (Wildman–Crippen LogP) is 2.37. The van der Waals surface area contributed by atoms with Gasteiger partial charge in [-0.15, -0.1) is 0 Å². The van der Waals surface area contributed by atoms with Gasteiger partial charge in [-0.3, -0.25) is 9.59 Å². The fraction of sp³-hybridized carbons (Fsp3) is 0.500. The molecule has 1 rings (SSSR count). The summed E-state index contributed by atoms with van der Waals surface area (Å²) in [5, 5.41) is 0. The summed E-state index contributed by atoms with van der Waals surface area (Å²) in [5.74, 6) is -1.30. The lowest BCUT2D eigenvalue weighted by molar-refractivity contribution is -0.151. The number of hydrogen-bond acceptors (Lipinski definition) is 4. The van der Waals surface area contributed by atoms with Crippen LogP contribution in [-0.4, -0.2) is 32.5 Å². The number of aryl methyl sites for hydroxylation is 1. The van der Waals surface area contributed by atoms with Gasteiger partial charge in [0.15, 0.2) is 0 Å². The minimum Gasteiger partial charge on any atom is -0.465 e. The molecule has 0 amide bonds. The van der Waals surface area contributed by atoms with Gasteiger partial charge in [-0.25, -0.2) is 0 Å². The number of ketones is 1. The molecule has 1 aromatic carbocycles. The molecule has 0 heterocycles. The molecule has 1 unspecified atom stereocenters. The molecule has 0 aromatic heterocycles. The number of carbonyl (C=O) groups is 2. The van der Waals surface area contributed by atoms with E-state index in [-0.39, 0.29) is 5.78 Å². The molecule has 0 bridgehead atoms. The van der Waals surface area contributed by atoms with Crippen molar-refractivity contribution in [2.24, 2.45) is 5.92 Å². The smallest absolute Gasteiger partial charge is 0.316 e. The van der Waals surface area contributed by atoms with Gasteiger partial charge in [-0.2, -0.15) is 0 Å². The highest BCUT2D eigenvalue weighted by Gasteiger charge is 2.25. The summed E-state index contributed by atoms with van der Waals surface area (Å²) in [6.07, 6.45) is 0.397. The quantitative estimate of drug-likeness (QED) is 0.591. The lowest BCUT2D eigenvalue weighted by Crippen LogP contribution is -2.26. The van der Waals surface area contributed by atoms with Crippen LogP contribution in [-0.2, 0) is 20.7 Å². The molecule has 0 aliphatic carbocycles. The molecule has 0 N–H and O–H groups in total. The van der Waals surface area contributed by atoms with Crippen molar-refractivity contribution in [1.82, 2.24) is 0 Å². The second-order valence-electron chi connectivity index (χ2n) is 5.12. The predicted molar refractivity (Wildman–Crippen MR) is 80.0 cm³/mol. The number of anilines is 1. The highest BCUT2D eigenvalue weighted by atomic mass is 16.5. The van der Waals surface area contributed by atoms with E-state index < -0.39 is 11.9 Å². The lowest BCUT2D eigenvalue weighted by Gasteiger charge is -2.17. The van der Waals surface area contributed by atoms with Crippen LogP contribution in [0.3, 0.4) is 0 Å². The maximum Gasteiger partial charge on any atom is 0.316 e. The van der Waals surface area contributed by atoms with E-state index in [2.05, 4.69) is 6.07 Å². The first-order chi connectivity index (χ1) is 9.36. The van der Waals surface area contributed by atoms with Gasteiger partial charge in [0.25, 0.3) is 0 Å². The van der Waals surface area contributed by atoms with Gasteiger partial charge in [0.1, 0.15) is 11.7 Å². The number of Topliss-reactive ketones (excluding diaryl/α,β-unsaturated/α-hetero) is 1. The van der Waals surface area contributed by atoms with Crippen molar-refractivity contribution in [2.75, 3.05) is 25.6 Å². The number of rotatable bonds is 6. The molecule has 4 nitrogen and oxygen atoms in total. The normalized spacial score (nSPS) is 11.8. The highest BCUT2D eigenvalue weighted by molar-refractivity contribution is 5.98. The maximum absolute atomic E-state index is 11.8. The molecule has 0 saturated heterocycles. The molecule has 0 saturated carbocycles. The van der Waals surface area contributed by atoms with Crippen molar-refractivity contribution >= 4 is 17.4 Å². The van der Waals surface area contributed by atoms with Crippen molar-refractivity contribution in [3.63, 3.8) is 0 Å². The summed E-state index contributed by atoms with van der Waals surface area (Å²) >= 11 is 0. The largest absolute Gasteiger partial charge is 0.465 e. The topological polar surface area (TPSA) is 46.6 Å². The van der Waals surface area contributed by atoms with Gasteiger partial charge in [0, 0.05) is 19.8 Å². The van der Waals surface area contributed by atoms with Crippen LogP contribution < -0.4 is 4.90 Å². The molecule has 0 fully saturated rings. The Morgan fingerprint density at radius 2 is 1.95 bits per heavy atom. The number of carbonyl (C=O) groups excluding carboxylic acids is 2. The number of hydrogen-bond donors (Lipinski definition) is 0. The molecule has 0 radical (unpaired) electrons. The SMILES string of the molecule is CCOC(=O)C(Cc1ccc(N(C)C)cc1C)C(C)=O. The summed E-state index contributed by atoms with van der Waals surface area (Å²) in [4.78, 5) is 25.5. The van der Waals surface area contributed by atoms with Crippen LogP contribution in [0, 0.1) is 12.8 Å². The van der Waals surface area contributed by atoms with Gasteiger partial charge in [0.2, 0.25) is 0 Å². The fourth-order valence-corrected chi connectivity index (χ4v) is 2.04. The van der Waals surface area contributed by atoms with Crippen molar-refractivity contribution in [3.05, 3.63) is 29.3 Å². The van der Waals surface area contributed by atoms with Gasteiger partial charge >= 0.3 is 5.97 Å². The van der Waals surface area contributed by atoms with E-state index in [1.54, 1.807) is 6.92 Å². The Bertz CT molecular complexity index is 494. The van der Waals surface area contributed by atoms with Gasteiger partial charge in [-0.05, 0) is 50.5 Å². The first-order valence-corrected chi connectivity index (χ1v) is 6.80. The molecule has 0 aliphatic heterocycles. The zero-order chi connectivity index (χ0) is 15.3. The second-order valence-corrected chi connectivity index (χ2v) is 5.12. The Morgan fingerprint density at radius 3 is 2.40 bits per heavy atom.